The van der Waals surface area contributed by atoms with Crippen molar-refractivity contribution in [1.29, 1.82) is 0 Å². The Morgan fingerprint density at radius 1 is 0.864 bits per heavy atom. The van der Waals surface area contributed by atoms with Crippen LogP contribution in [0.1, 0.15) is 109 Å². The van der Waals surface area contributed by atoms with Gasteiger partial charge in [0.2, 0.25) is 23.6 Å². The van der Waals surface area contributed by atoms with Gasteiger partial charge in [-0.15, -0.1) is 21.5 Å². The number of hydrogen-bond donors (Lipinski definition) is 5. The topological polar surface area (TPSA) is 223 Å². The standard InChI is InChI=1S/C61H80FN11O7S/c1-40-56(81-39-65-40)42-19-17-41(18-20-42)35-64-59(78)52-33-47(74)38-72(52)60(79)57(61(2,3)4)66-54(76)15-10-8-6-5-7-9-11-16-55(77)70-27-25-69(26-28-70)29-30-80-48-14-12-13-44(32-48)71-36-45-22-23-46(37-71)73(45)51-34-50(67-68-58(51)63)49-31-43(62)21-24-53(49)75/h12-14,17-21,24,31-32,34,39,45-47,52,57,74-75H,5-11,15-16,22-23,25-30,33,35-38H2,1-4H3,(H2,63,68)(H,64,78)(H,66,76)/t45?,46?,47-,52+,57-/m1/s1. The number of aliphatic hydroxyl groups is 1. The number of fused-ring (bicyclic) bond motifs is 2. The van der Waals surface area contributed by atoms with Crippen molar-refractivity contribution in [2.75, 3.05) is 74.5 Å². The monoisotopic (exact) mass is 1130 g/mol. The molecular weight excluding hydrogens is 1050 g/mol. The third-order valence-electron chi connectivity index (χ3n) is 16.4. The number of nitrogen functional groups attached to an aromatic ring is 1. The van der Waals surface area contributed by atoms with E-state index >= 15 is 0 Å². The van der Waals surface area contributed by atoms with Gasteiger partial charge in [0.1, 0.15) is 36.0 Å². The Kier molecular flexibility index (Phi) is 19.4. The molecule has 4 saturated heterocycles. The summed E-state index contributed by atoms with van der Waals surface area (Å²) in [5.41, 5.74) is 13.0. The normalized spacial score (nSPS) is 19.7. The highest BCUT2D eigenvalue weighted by atomic mass is 32.1. The summed E-state index contributed by atoms with van der Waals surface area (Å²) < 4.78 is 20.4. The van der Waals surface area contributed by atoms with Crippen LogP contribution in [0.25, 0.3) is 21.7 Å². The van der Waals surface area contributed by atoms with E-state index in [1.165, 1.54) is 23.1 Å². The number of nitrogens with two attached hydrogens (primary N) is 1. The number of rotatable bonds is 23. The minimum atomic E-state index is -0.862. The van der Waals surface area contributed by atoms with Crippen LogP contribution >= 0.6 is 11.3 Å². The zero-order valence-corrected chi connectivity index (χ0v) is 48.1. The Morgan fingerprint density at radius 2 is 1.57 bits per heavy atom. The Hall–Kier alpha value is -6.90. The molecule has 20 heteroatoms. The summed E-state index contributed by atoms with van der Waals surface area (Å²) >= 11 is 1.58. The summed E-state index contributed by atoms with van der Waals surface area (Å²) in [5.74, 6) is -0.114. The number of halogens is 1. The van der Waals surface area contributed by atoms with Crippen molar-refractivity contribution in [3.05, 3.63) is 95.4 Å². The van der Waals surface area contributed by atoms with Gasteiger partial charge < -0.3 is 50.9 Å². The summed E-state index contributed by atoms with van der Waals surface area (Å²) in [6.07, 6.45) is 8.56. The maximum Gasteiger partial charge on any atom is 0.246 e. The lowest BCUT2D eigenvalue weighted by Gasteiger charge is -2.43. The van der Waals surface area contributed by atoms with Crippen LogP contribution in [0.3, 0.4) is 0 Å². The molecule has 4 aliphatic heterocycles. The molecule has 0 radical (unpaired) electrons. The number of piperazine rings is 2. The van der Waals surface area contributed by atoms with Gasteiger partial charge in [-0.25, -0.2) is 9.37 Å². The minimum absolute atomic E-state index is 0.0251. The number of carbonyl (C=O) groups is 4. The van der Waals surface area contributed by atoms with Crippen molar-refractivity contribution in [1.82, 2.24) is 40.5 Å². The number of aromatic nitrogens is 3. The summed E-state index contributed by atoms with van der Waals surface area (Å²) in [7, 11) is 0. The van der Waals surface area contributed by atoms with E-state index in [-0.39, 0.29) is 66.5 Å². The zero-order valence-electron chi connectivity index (χ0n) is 47.3. The number of nitrogens with one attached hydrogen (secondary N) is 2. The second kappa shape index (κ2) is 26.8. The number of ether oxygens (including phenoxy) is 1. The Balaban J connectivity index is 0.618. The third kappa shape index (κ3) is 15.0. The molecule has 3 aromatic carbocycles. The lowest BCUT2D eigenvalue weighted by atomic mass is 9.85. The Labute approximate surface area is 479 Å². The van der Waals surface area contributed by atoms with E-state index in [4.69, 9.17) is 10.5 Å². The fourth-order valence-corrected chi connectivity index (χ4v) is 12.7. The molecule has 6 heterocycles. The lowest BCUT2D eigenvalue weighted by molar-refractivity contribution is -0.144. The van der Waals surface area contributed by atoms with Gasteiger partial charge >= 0.3 is 0 Å². The van der Waals surface area contributed by atoms with Crippen molar-refractivity contribution in [2.45, 2.75) is 142 Å². The van der Waals surface area contributed by atoms with Crippen molar-refractivity contribution in [2.24, 2.45) is 5.41 Å². The number of anilines is 3. The van der Waals surface area contributed by atoms with Gasteiger partial charge in [-0.05, 0) is 85.5 Å². The molecule has 5 aromatic rings. The average Bonchev–Trinajstić information content (AvgIpc) is 4.39. The molecule has 2 unspecified atom stereocenters. The maximum atomic E-state index is 14.1. The van der Waals surface area contributed by atoms with Gasteiger partial charge in [-0.3, -0.25) is 24.1 Å². The van der Waals surface area contributed by atoms with Gasteiger partial charge in [0.05, 0.1) is 33.6 Å². The molecule has 18 nitrogen and oxygen atoms in total. The first kappa shape index (κ1) is 58.7. The zero-order chi connectivity index (χ0) is 57.2. The molecule has 434 valence electrons. The van der Waals surface area contributed by atoms with Crippen LogP contribution in [0.4, 0.5) is 21.6 Å². The second-order valence-electron chi connectivity index (χ2n) is 23.3. The summed E-state index contributed by atoms with van der Waals surface area (Å²) in [5, 5.41) is 35.4. The second-order valence-corrected chi connectivity index (χ2v) is 24.2. The molecular formula is C61H80FN11O7S. The predicted octanol–water partition coefficient (Wildman–Crippen LogP) is 7.70. The number of thiazole rings is 1. The molecule has 4 aliphatic rings. The number of hydrogen-bond acceptors (Lipinski definition) is 15. The van der Waals surface area contributed by atoms with Crippen LogP contribution in [0, 0.1) is 18.2 Å². The first-order chi connectivity index (χ1) is 39.0. The van der Waals surface area contributed by atoms with E-state index in [1.54, 1.807) is 17.4 Å². The van der Waals surface area contributed by atoms with E-state index in [0.717, 1.165) is 123 Å². The van der Waals surface area contributed by atoms with Gasteiger partial charge in [0.15, 0.2) is 5.82 Å². The number of aromatic hydroxyl groups is 1. The van der Waals surface area contributed by atoms with Crippen LogP contribution in [-0.4, -0.2) is 153 Å². The number of likely N-dealkylation sites (tertiary alicyclic amines) is 1. The van der Waals surface area contributed by atoms with E-state index in [2.05, 4.69) is 52.6 Å². The van der Waals surface area contributed by atoms with Crippen LogP contribution in [0.2, 0.25) is 0 Å². The summed E-state index contributed by atoms with van der Waals surface area (Å²) in [4.78, 5) is 69.8. The average molecular weight is 1130 g/mol. The van der Waals surface area contributed by atoms with E-state index < -0.39 is 29.4 Å². The van der Waals surface area contributed by atoms with Crippen LogP contribution < -0.4 is 30.9 Å². The van der Waals surface area contributed by atoms with E-state index in [9.17, 15) is 33.8 Å². The first-order valence-corrected chi connectivity index (χ1v) is 29.8. The fourth-order valence-electron chi connectivity index (χ4n) is 11.9. The number of benzene rings is 3. The molecule has 4 amide bonds. The molecule has 81 heavy (non-hydrogen) atoms. The van der Waals surface area contributed by atoms with Gasteiger partial charge in [0.25, 0.3) is 0 Å². The molecule has 4 fully saturated rings. The number of nitrogens with zero attached hydrogens (tertiary/aromatic N) is 8. The van der Waals surface area contributed by atoms with Crippen molar-refractivity contribution < 1.29 is 38.5 Å². The number of carbonyl (C=O) groups excluding carboxylic acids is 4. The first-order valence-electron chi connectivity index (χ1n) is 28.9. The van der Waals surface area contributed by atoms with Crippen LogP contribution in [-0.2, 0) is 25.7 Å². The summed E-state index contributed by atoms with van der Waals surface area (Å²) in [6, 6.07) is 20.4. The van der Waals surface area contributed by atoms with Crippen molar-refractivity contribution in [3.63, 3.8) is 0 Å². The highest BCUT2D eigenvalue weighted by molar-refractivity contribution is 7.13. The third-order valence-corrected chi connectivity index (χ3v) is 17.4. The lowest BCUT2D eigenvalue weighted by Crippen LogP contribution is -2.57. The quantitative estimate of drug-likeness (QED) is 0.0396. The predicted molar refractivity (Wildman–Crippen MR) is 313 cm³/mol. The number of aryl methyl sites for hydroxylation is 1. The molecule has 9 rings (SSSR count). The van der Waals surface area contributed by atoms with Gasteiger partial charge in [0, 0.05) is 108 Å². The molecule has 6 N–H and O–H groups in total. The van der Waals surface area contributed by atoms with Gasteiger partial charge in [-0.2, -0.15) is 0 Å². The Morgan fingerprint density at radius 3 is 2.26 bits per heavy atom. The molecule has 0 aliphatic carbocycles. The highest BCUT2D eigenvalue weighted by Gasteiger charge is 2.45. The van der Waals surface area contributed by atoms with Crippen molar-refractivity contribution in [3.8, 4) is 33.2 Å². The number of amides is 4. The molecule has 0 spiro atoms. The minimum Gasteiger partial charge on any atom is -0.507 e. The number of unbranched alkanes of at least 4 members (excludes halogenated alkanes) is 6. The van der Waals surface area contributed by atoms with E-state index in [1.807, 2.05) is 74.5 Å². The van der Waals surface area contributed by atoms with Crippen LogP contribution in [0.5, 0.6) is 11.5 Å². The largest absolute Gasteiger partial charge is 0.507 e. The number of aliphatic hydroxyl groups excluding tert-OH is 1. The summed E-state index contributed by atoms with van der Waals surface area (Å²) in [6.45, 7) is 13.9. The van der Waals surface area contributed by atoms with Gasteiger partial charge in [-0.1, -0.05) is 83.2 Å². The number of phenols is 1. The highest BCUT2D eigenvalue weighted by Crippen LogP contribution is 2.41. The smallest absolute Gasteiger partial charge is 0.246 e. The molecule has 0 saturated carbocycles. The number of β-amino-alcohol motifs (C(OH)–C–C–N with tert-alkyl or cyclic N) is 1. The molecule has 5 atom stereocenters. The molecule has 2 bridgehead atoms. The molecule has 2 aromatic heterocycles. The maximum absolute atomic E-state index is 14.1. The van der Waals surface area contributed by atoms with E-state index in [0.29, 0.717) is 50.5 Å². The fraction of sp³-hybridized carbons (Fsp3) is 0.525. The Bertz CT molecular complexity index is 2950. The van der Waals surface area contributed by atoms with Crippen LogP contribution in [0.15, 0.2) is 78.3 Å². The SMILES string of the molecule is Cc1ncsc1-c1ccc(CNC(=O)[C@@H]2C[C@@H](O)CN2C(=O)[C@@H](NC(=O)CCCCCCCCCC(=O)N2CCN(CCOc3cccc(N4CC5CCC(C4)N5c4cc(-c5cc(F)ccc5O)nnc4N)c3)CC2)C(C)(C)C)cc1. The number of phenolic OH excluding ortho intramolecular Hbond substituents is 1. The van der Waals surface area contributed by atoms with Crippen molar-refractivity contribution >= 4 is 52.2 Å².